The van der Waals surface area contributed by atoms with E-state index >= 15 is 0 Å². The Bertz CT molecular complexity index is 610. The van der Waals surface area contributed by atoms with E-state index in [1.54, 1.807) is 12.3 Å². The second-order valence-corrected chi connectivity index (χ2v) is 7.06. The van der Waals surface area contributed by atoms with Gasteiger partial charge >= 0.3 is 5.97 Å². The molecule has 138 valence electrons. The summed E-state index contributed by atoms with van der Waals surface area (Å²) in [4.78, 5) is 30.0. The first-order chi connectivity index (χ1) is 11.8. The van der Waals surface area contributed by atoms with Gasteiger partial charge in [0.2, 0.25) is 0 Å². The third kappa shape index (κ3) is 5.42. The highest BCUT2D eigenvalue weighted by molar-refractivity contribution is 5.95. The van der Waals surface area contributed by atoms with Crippen molar-refractivity contribution in [1.82, 2.24) is 10.3 Å². The van der Waals surface area contributed by atoms with Crippen LogP contribution in [0.3, 0.4) is 0 Å². The highest BCUT2D eigenvalue weighted by Crippen LogP contribution is 2.20. The van der Waals surface area contributed by atoms with Gasteiger partial charge in [-0.05, 0) is 38.3 Å². The van der Waals surface area contributed by atoms with Gasteiger partial charge in [-0.3, -0.25) is 9.78 Å². The fourth-order valence-electron chi connectivity index (χ4n) is 3.05. The Morgan fingerprint density at radius 1 is 1.36 bits per heavy atom. The lowest BCUT2D eigenvalue weighted by Gasteiger charge is -2.36. The molecule has 0 aromatic carbocycles. The number of ether oxygens (including phenoxy) is 1. The average molecular weight is 349 g/mol. The number of anilines is 1. The Labute approximate surface area is 148 Å². The van der Waals surface area contributed by atoms with Crippen molar-refractivity contribution in [1.29, 1.82) is 0 Å². The van der Waals surface area contributed by atoms with E-state index < -0.39 is 17.9 Å². The van der Waals surface area contributed by atoms with Crippen molar-refractivity contribution in [2.75, 3.05) is 18.0 Å². The smallest absolute Gasteiger partial charge is 0.326 e. The Morgan fingerprint density at radius 3 is 2.56 bits per heavy atom. The monoisotopic (exact) mass is 349 g/mol. The van der Waals surface area contributed by atoms with E-state index in [4.69, 9.17) is 4.74 Å². The Hall–Kier alpha value is -2.15. The Morgan fingerprint density at radius 2 is 2.00 bits per heavy atom. The highest BCUT2D eigenvalue weighted by atomic mass is 16.5. The number of carbonyl (C=O) groups is 2. The fourth-order valence-corrected chi connectivity index (χ4v) is 3.05. The van der Waals surface area contributed by atoms with Crippen LogP contribution in [0.25, 0.3) is 0 Å². The third-order valence-corrected chi connectivity index (χ3v) is 4.07. The first kappa shape index (κ1) is 19.2. The Balaban J connectivity index is 2.11. The predicted molar refractivity (Wildman–Crippen MR) is 94.8 cm³/mol. The molecule has 2 rings (SSSR count). The van der Waals surface area contributed by atoms with E-state index in [-0.39, 0.29) is 23.8 Å². The molecule has 1 amide bonds. The number of carbonyl (C=O) groups excluding carboxylic acids is 1. The standard InChI is InChI=1S/C18H27N3O4/c1-11(2)7-16(18(23)24)20-17(22)15-8-14(5-6-19-15)21-9-12(3)25-13(4)10-21/h5-6,8,11-13,16H,7,9-10H2,1-4H3,(H,20,22)(H,23,24)/t12?,13?,16-/m0/s1. The van der Waals surface area contributed by atoms with Crippen molar-refractivity contribution < 1.29 is 19.4 Å². The summed E-state index contributed by atoms with van der Waals surface area (Å²) in [5.74, 6) is -1.34. The van der Waals surface area contributed by atoms with Crippen LogP contribution < -0.4 is 10.2 Å². The molecule has 2 heterocycles. The summed E-state index contributed by atoms with van der Waals surface area (Å²) >= 11 is 0. The molecule has 0 bridgehead atoms. The lowest BCUT2D eigenvalue weighted by atomic mass is 10.0. The maximum atomic E-state index is 12.4. The number of carboxylic acids is 1. The second-order valence-electron chi connectivity index (χ2n) is 7.06. The van der Waals surface area contributed by atoms with Crippen LogP contribution in [-0.4, -0.2) is 53.3 Å². The van der Waals surface area contributed by atoms with E-state index in [2.05, 4.69) is 15.2 Å². The molecule has 1 aromatic rings. The second kappa shape index (κ2) is 8.29. The van der Waals surface area contributed by atoms with Crippen molar-refractivity contribution in [2.24, 2.45) is 5.92 Å². The minimum atomic E-state index is -1.03. The molecule has 2 unspecified atom stereocenters. The van der Waals surface area contributed by atoms with E-state index in [1.807, 2.05) is 33.8 Å². The minimum absolute atomic E-state index is 0.108. The van der Waals surface area contributed by atoms with Crippen molar-refractivity contribution in [3.63, 3.8) is 0 Å². The lowest BCUT2D eigenvalue weighted by molar-refractivity contribution is -0.139. The normalized spacial score (nSPS) is 21.9. The summed E-state index contributed by atoms with van der Waals surface area (Å²) < 4.78 is 5.73. The number of aromatic nitrogens is 1. The van der Waals surface area contributed by atoms with Crippen LogP contribution in [-0.2, 0) is 9.53 Å². The number of hydrogen-bond acceptors (Lipinski definition) is 5. The first-order valence-electron chi connectivity index (χ1n) is 8.66. The van der Waals surface area contributed by atoms with Gasteiger partial charge in [0.15, 0.2) is 0 Å². The van der Waals surface area contributed by atoms with Gasteiger partial charge in [-0.1, -0.05) is 13.8 Å². The topological polar surface area (TPSA) is 91.8 Å². The van der Waals surface area contributed by atoms with Gasteiger partial charge in [0.05, 0.1) is 12.2 Å². The van der Waals surface area contributed by atoms with Crippen LogP contribution in [0.1, 0.15) is 44.6 Å². The zero-order chi connectivity index (χ0) is 18.6. The number of aliphatic carboxylic acids is 1. The number of amides is 1. The van der Waals surface area contributed by atoms with Crippen molar-refractivity contribution in [2.45, 2.75) is 52.4 Å². The molecular formula is C18H27N3O4. The molecule has 0 aliphatic carbocycles. The molecule has 0 spiro atoms. The number of carboxylic acid groups (broad SMARTS) is 1. The molecule has 3 atom stereocenters. The van der Waals surface area contributed by atoms with Gasteiger partial charge in [-0.15, -0.1) is 0 Å². The summed E-state index contributed by atoms with van der Waals surface area (Å²) in [5, 5.41) is 11.8. The Kier molecular flexibility index (Phi) is 6.36. The summed E-state index contributed by atoms with van der Waals surface area (Å²) in [6.45, 7) is 9.34. The van der Waals surface area contributed by atoms with E-state index in [9.17, 15) is 14.7 Å². The number of morpholine rings is 1. The predicted octanol–water partition coefficient (Wildman–Crippen LogP) is 1.92. The minimum Gasteiger partial charge on any atom is -0.480 e. The molecule has 2 N–H and O–H groups in total. The quantitative estimate of drug-likeness (QED) is 0.815. The van der Waals surface area contributed by atoms with Gasteiger partial charge in [0, 0.05) is 25.0 Å². The lowest BCUT2D eigenvalue weighted by Crippen LogP contribution is -2.45. The van der Waals surface area contributed by atoms with Crippen molar-refractivity contribution in [3.05, 3.63) is 24.0 Å². The number of rotatable bonds is 6. The third-order valence-electron chi connectivity index (χ3n) is 4.07. The average Bonchev–Trinajstić information content (AvgIpc) is 2.53. The largest absolute Gasteiger partial charge is 0.480 e. The maximum absolute atomic E-state index is 12.4. The van der Waals surface area contributed by atoms with Crippen LogP contribution in [0.2, 0.25) is 0 Å². The molecule has 0 saturated carbocycles. The molecule has 1 aliphatic rings. The number of hydrogen-bond donors (Lipinski definition) is 2. The van der Waals surface area contributed by atoms with E-state index in [0.717, 1.165) is 18.8 Å². The van der Waals surface area contributed by atoms with Crippen LogP contribution in [0, 0.1) is 5.92 Å². The van der Waals surface area contributed by atoms with Gasteiger partial charge in [0.1, 0.15) is 11.7 Å². The molecule has 1 saturated heterocycles. The molecular weight excluding hydrogens is 322 g/mol. The highest BCUT2D eigenvalue weighted by Gasteiger charge is 2.25. The number of pyridine rings is 1. The maximum Gasteiger partial charge on any atom is 0.326 e. The van der Waals surface area contributed by atoms with E-state index in [1.165, 1.54) is 0 Å². The van der Waals surface area contributed by atoms with Gasteiger partial charge in [-0.2, -0.15) is 0 Å². The molecule has 7 nitrogen and oxygen atoms in total. The van der Waals surface area contributed by atoms with Crippen molar-refractivity contribution >= 4 is 17.6 Å². The molecule has 0 radical (unpaired) electrons. The molecule has 25 heavy (non-hydrogen) atoms. The summed E-state index contributed by atoms with van der Waals surface area (Å²) in [5.41, 5.74) is 1.11. The van der Waals surface area contributed by atoms with Crippen molar-refractivity contribution in [3.8, 4) is 0 Å². The van der Waals surface area contributed by atoms with Gasteiger partial charge < -0.3 is 20.1 Å². The molecule has 7 heteroatoms. The molecule has 1 fully saturated rings. The fraction of sp³-hybridized carbons (Fsp3) is 0.611. The van der Waals surface area contributed by atoms with Crippen LogP contribution in [0.15, 0.2) is 18.3 Å². The zero-order valence-corrected chi connectivity index (χ0v) is 15.2. The van der Waals surface area contributed by atoms with E-state index in [0.29, 0.717) is 6.42 Å². The summed E-state index contributed by atoms with van der Waals surface area (Å²) in [7, 11) is 0. The van der Waals surface area contributed by atoms with Gasteiger partial charge in [-0.25, -0.2) is 4.79 Å². The summed E-state index contributed by atoms with van der Waals surface area (Å²) in [6, 6.07) is 2.64. The summed E-state index contributed by atoms with van der Waals surface area (Å²) in [6.07, 6.45) is 2.17. The van der Waals surface area contributed by atoms with Crippen LogP contribution >= 0.6 is 0 Å². The number of nitrogens with one attached hydrogen (secondary N) is 1. The van der Waals surface area contributed by atoms with Crippen LogP contribution in [0.4, 0.5) is 5.69 Å². The van der Waals surface area contributed by atoms with Gasteiger partial charge in [0.25, 0.3) is 5.91 Å². The SMILES string of the molecule is CC(C)C[C@H](NC(=O)c1cc(N2CC(C)OC(C)C2)ccn1)C(=O)O. The molecule has 1 aromatic heterocycles. The number of nitrogens with zero attached hydrogens (tertiary/aromatic N) is 2. The van der Waals surface area contributed by atoms with Crippen LogP contribution in [0.5, 0.6) is 0 Å². The zero-order valence-electron chi connectivity index (χ0n) is 15.2. The molecule has 1 aliphatic heterocycles. The first-order valence-corrected chi connectivity index (χ1v) is 8.66.